The average Bonchev–Trinajstić information content (AvgIpc) is 2.53. The van der Waals surface area contributed by atoms with Crippen molar-refractivity contribution in [3.8, 4) is 0 Å². The Hall–Kier alpha value is -1.35. The van der Waals surface area contributed by atoms with Gasteiger partial charge in [0.15, 0.2) is 0 Å². The minimum absolute atomic E-state index is 0.198. The third kappa shape index (κ3) is 4.07. The number of piperidine rings is 1. The second-order valence-corrected chi connectivity index (χ2v) is 5.68. The van der Waals surface area contributed by atoms with Crippen molar-refractivity contribution in [3.05, 3.63) is 35.9 Å². The van der Waals surface area contributed by atoms with Crippen molar-refractivity contribution in [2.24, 2.45) is 5.92 Å². The van der Waals surface area contributed by atoms with E-state index in [4.69, 9.17) is 0 Å². The molecule has 1 N–H and O–H groups in total. The van der Waals surface area contributed by atoms with E-state index in [0.29, 0.717) is 12.3 Å². The third-order valence-corrected chi connectivity index (χ3v) is 4.33. The highest BCUT2D eigenvalue weighted by Gasteiger charge is 2.26. The zero-order valence-electron chi connectivity index (χ0n) is 12.3. The molecule has 0 bridgehead atoms. The average molecular weight is 275 g/mol. The van der Waals surface area contributed by atoms with Crippen molar-refractivity contribution in [3.63, 3.8) is 0 Å². The van der Waals surface area contributed by atoms with Gasteiger partial charge in [0.2, 0.25) is 5.91 Å². The van der Waals surface area contributed by atoms with Gasteiger partial charge in [-0.3, -0.25) is 4.79 Å². The van der Waals surface area contributed by atoms with Gasteiger partial charge in [-0.25, -0.2) is 0 Å². The maximum Gasteiger partial charge on any atom is 0.222 e. The number of carbonyl (C=O) groups excluding carboxylic acids is 1. The molecule has 1 aromatic rings. The van der Waals surface area contributed by atoms with Crippen LogP contribution in [0.1, 0.15) is 38.2 Å². The number of likely N-dealkylation sites (tertiary alicyclic amines) is 1. The lowest BCUT2D eigenvalue weighted by molar-refractivity contribution is -0.133. The molecule has 1 heterocycles. The predicted molar refractivity (Wildman–Crippen MR) is 80.4 cm³/mol. The van der Waals surface area contributed by atoms with Gasteiger partial charge in [0, 0.05) is 19.5 Å². The van der Waals surface area contributed by atoms with E-state index in [2.05, 4.69) is 12.1 Å². The lowest BCUT2D eigenvalue weighted by atomic mass is 9.90. The van der Waals surface area contributed by atoms with E-state index in [1.54, 1.807) is 0 Å². The zero-order chi connectivity index (χ0) is 14.4. The standard InChI is InChI=1S/C17H25NO2/c1-2-16(19)15-10-12-18(13-11-15)17(20)9-8-14-6-4-3-5-7-14/h3-7,15-16,19H,2,8-13H2,1H3. The van der Waals surface area contributed by atoms with Crippen LogP contribution >= 0.6 is 0 Å². The van der Waals surface area contributed by atoms with Crippen LogP contribution in [0, 0.1) is 5.92 Å². The van der Waals surface area contributed by atoms with Crippen molar-refractivity contribution in [2.45, 2.75) is 45.1 Å². The lowest BCUT2D eigenvalue weighted by Crippen LogP contribution is -2.41. The minimum Gasteiger partial charge on any atom is -0.393 e. The Balaban J connectivity index is 1.75. The summed E-state index contributed by atoms with van der Waals surface area (Å²) >= 11 is 0. The number of aliphatic hydroxyl groups is 1. The summed E-state index contributed by atoms with van der Waals surface area (Å²) < 4.78 is 0. The topological polar surface area (TPSA) is 40.5 Å². The van der Waals surface area contributed by atoms with E-state index < -0.39 is 0 Å². The van der Waals surface area contributed by atoms with E-state index in [1.165, 1.54) is 5.56 Å². The minimum atomic E-state index is -0.198. The van der Waals surface area contributed by atoms with Crippen molar-refractivity contribution in [1.82, 2.24) is 4.90 Å². The summed E-state index contributed by atoms with van der Waals surface area (Å²) in [6.45, 7) is 3.62. The normalized spacial score (nSPS) is 18.0. The number of benzene rings is 1. The molecule has 0 radical (unpaired) electrons. The fourth-order valence-corrected chi connectivity index (χ4v) is 2.92. The summed E-state index contributed by atoms with van der Waals surface area (Å²) in [5.74, 6) is 0.622. The van der Waals surface area contributed by atoms with Crippen molar-refractivity contribution < 1.29 is 9.90 Å². The number of aryl methyl sites for hydroxylation is 1. The summed E-state index contributed by atoms with van der Waals surface area (Å²) in [5, 5.41) is 9.86. The first-order chi connectivity index (χ1) is 9.70. The molecule has 1 fully saturated rings. The molecule has 1 amide bonds. The van der Waals surface area contributed by atoms with Gasteiger partial charge in [-0.15, -0.1) is 0 Å². The van der Waals surface area contributed by atoms with Crippen molar-refractivity contribution in [1.29, 1.82) is 0 Å². The molecule has 1 saturated heterocycles. The molecular weight excluding hydrogens is 250 g/mol. The molecule has 0 saturated carbocycles. The first kappa shape index (κ1) is 15.0. The number of hydrogen-bond acceptors (Lipinski definition) is 2. The molecular formula is C17H25NO2. The first-order valence-corrected chi connectivity index (χ1v) is 7.70. The highest BCUT2D eigenvalue weighted by atomic mass is 16.3. The Kier molecular flexibility index (Phi) is 5.60. The van der Waals surface area contributed by atoms with Gasteiger partial charge < -0.3 is 10.0 Å². The third-order valence-electron chi connectivity index (χ3n) is 4.33. The van der Waals surface area contributed by atoms with E-state index >= 15 is 0 Å². The molecule has 1 aromatic carbocycles. The molecule has 20 heavy (non-hydrogen) atoms. The van der Waals surface area contributed by atoms with E-state index in [0.717, 1.165) is 38.8 Å². The van der Waals surface area contributed by atoms with E-state index in [1.807, 2.05) is 30.0 Å². The fourth-order valence-electron chi connectivity index (χ4n) is 2.92. The lowest BCUT2D eigenvalue weighted by Gasteiger charge is -2.34. The predicted octanol–water partition coefficient (Wildman–Crippen LogP) is 2.63. The van der Waals surface area contributed by atoms with Crippen LogP contribution in [-0.2, 0) is 11.2 Å². The second kappa shape index (κ2) is 7.44. The summed E-state index contributed by atoms with van der Waals surface area (Å²) in [6.07, 6.45) is 3.89. The Morgan fingerprint density at radius 1 is 1.30 bits per heavy atom. The highest BCUT2D eigenvalue weighted by molar-refractivity contribution is 5.76. The van der Waals surface area contributed by atoms with Crippen LogP contribution < -0.4 is 0 Å². The smallest absolute Gasteiger partial charge is 0.222 e. The van der Waals surface area contributed by atoms with Crippen LogP contribution in [-0.4, -0.2) is 35.1 Å². The van der Waals surface area contributed by atoms with Crippen LogP contribution in [0.5, 0.6) is 0 Å². The molecule has 1 aliphatic rings. The Morgan fingerprint density at radius 2 is 1.95 bits per heavy atom. The number of nitrogens with zero attached hydrogens (tertiary/aromatic N) is 1. The highest BCUT2D eigenvalue weighted by Crippen LogP contribution is 2.22. The number of hydrogen-bond donors (Lipinski definition) is 1. The zero-order valence-corrected chi connectivity index (χ0v) is 12.3. The second-order valence-electron chi connectivity index (χ2n) is 5.68. The van der Waals surface area contributed by atoms with Crippen LogP contribution in [0.25, 0.3) is 0 Å². The summed E-state index contributed by atoms with van der Waals surface area (Å²) in [4.78, 5) is 14.1. The van der Waals surface area contributed by atoms with Gasteiger partial charge in [-0.1, -0.05) is 37.3 Å². The van der Waals surface area contributed by atoms with Crippen LogP contribution in [0.2, 0.25) is 0 Å². The van der Waals surface area contributed by atoms with E-state index in [-0.39, 0.29) is 12.0 Å². The molecule has 110 valence electrons. The van der Waals surface area contributed by atoms with Crippen LogP contribution in [0.15, 0.2) is 30.3 Å². The quantitative estimate of drug-likeness (QED) is 0.897. The summed E-state index contributed by atoms with van der Waals surface area (Å²) in [6, 6.07) is 10.2. The molecule has 1 aliphatic heterocycles. The number of amides is 1. The van der Waals surface area contributed by atoms with Crippen LogP contribution in [0.4, 0.5) is 0 Å². The SMILES string of the molecule is CCC(O)C1CCN(C(=O)CCc2ccccc2)CC1. The number of rotatable bonds is 5. The maximum atomic E-state index is 12.2. The summed E-state index contributed by atoms with van der Waals surface area (Å²) in [7, 11) is 0. The van der Waals surface area contributed by atoms with Gasteiger partial charge in [0.25, 0.3) is 0 Å². The molecule has 1 atom stereocenters. The van der Waals surface area contributed by atoms with E-state index in [9.17, 15) is 9.90 Å². The van der Waals surface area contributed by atoms with Gasteiger partial charge in [0.05, 0.1) is 6.10 Å². The molecule has 3 nitrogen and oxygen atoms in total. The monoisotopic (exact) mass is 275 g/mol. The molecule has 2 rings (SSSR count). The number of aliphatic hydroxyl groups excluding tert-OH is 1. The Labute approximate surface area is 121 Å². The molecule has 0 spiro atoms. The summed E-state index contributed by atoms with van der Waals surface area (Å²) in [5.41, 5.74) is 1.22. The largest absolute Gasteiger partial charge is 0.393 e. The molecule has 0 aliphatic carbocycles. The fraction of sp³-hybridized carbons (Fsp3) is 0.588. The number of carbonyl (C=O) groups is 1. The first-order valence-electron chi connectivity index (χ1n) is 7.70. The Morgan fingerprint density at radius 3 is 2.55 bits per heavy atom. The van der Waals surface area contributed by atoms with Gasteiger partial charge in [-0.2, -0.15) is 0 Å². The molecule has 0 aromatic heterocycles. The van der Waals surface area contributed by atoms with Gasteiger partial charge in [0.1, 0.15) is 0 Å². The maximum absolute atomic E-state index is 12.2. The van der Waals surface area contributed by atoms with Crippen molar-refractivity contribution in [2.75, 3.05) is 13.1 Å². The molecule has 1 unspecified atom stereocenters. The van der Waals surface area contributed by atoms with Crippen LogP contribution in [0.3, 0.4) is 0 Å². The Bertz CT molecular complexity index is 410. The van der Waals surface area contributed by atoms with Gasteiger partial charge in [-0.05, 0) is 37.2 Å². The van der Waals surface area contributed by atoms with Crippen molar-refractivity contribution >= 4 is 5.91 Å². The van der Waals surface area contributed by atoms with Gasteiger partial charge >= 0.3 is 0 Å². The molecule has 3 heteroatoms.